The zero-order valence-corrected chi connectivity index (χ0v) is 17.8. The van der Waals surface area contributed by atoms with Crippen LogP contribution in [0.2, 0.25) is 0 Å². The number of nitrogens with one attached hydrogen (secondary N) is 1. The minimum atomic E-state index is -3.65. The molecule has 1 aliphatic rings. The number of fused-ring (bicyclic) bond motifs is 3. The molecule has 0 unspecified atom stereocenters. The lowest BCUT2D eigenvalue weighted by atomic mass is 10.00. The number of rotatable bonds is 4. The third-order valence-corrected chi connectivity index (χ3v) is 7.05. The number of methoxy groups -OCH3 is 1. The van der Waals surface area contributed by atoms with E-state index < -0.39 is 16.0 Å². The quantitative estimate of drug-likeness (QED) is 0.626. The van der Waals surface area contributed by atoms with Crippen molar-refractivity contribution >= 4 is 33.3 Å². The predicted molar refractivity (Wildman–Crippen MR) is 118 cm³/mol. The number of nitrogens with zero attached hydrogens (tertiary/aromatic N) is 1. The number of ether oxygens (including phenoxy) is 1. The Hall–Kier alpha value is -3.65. The number of carbonyl (C=O) groups excluding carboxylic acids is 2. The van der Waals surface area contributed by atoms with Crippen LogP contribution in [0.4, 0.5) is 11.4 Å². The molecule has 0 spiro atoms. The van der Waals surface area contributed by atoms with Crippen molar-refractivity contribution in [3.8, 4) is 11.1 Å². The molecule has 0 aliphatic carbocycles. The largest absolute Gasteiger partial charge is 0.465 e. The summed E-state index contributed by atoms with van der Waals surface area (Å²) in [6.45, 7) is 2.04. The number of amides is 1. The summed E-state index contributed by atoms with van der Waals surface area (Å²) in [7, 11) is -2.36. The molecule has 3 aromatic rings. The maximum Gasteiger partial charge on any atom is 0.337 e. The SMILES string of the molecule is CCN1c2ccc(C(=O)Nc3cccc(C(=O)OC)c3)cc2-c2ccccc2S1(=O)=O. The van der Waals surface area contributed by atoms with E-state index in [0.29, 0.717) is 33.6 Å². The van der Waals surface area contributed by atoms with Gasteiger partial charge in [-0.3, -0.25) is 9.10 Å². The molecule has 7 nitrogen and oxygen atoms in total. The zero-order chi connectivity index (χ0) is 22.2. The van der Waals surface area contributed by atoms with E-state index >= 15 is 0 Å². The number of anilines is 2. The Kier molecular flexibility index (Phi) is 5.24. The number of esters is 1. The summed E-state index contributed by atoms with van der Waals surface area (Å²) in [6.07, 6.45) is 0. The highest BCUT2D eigenvalue weighted by atomic mass is 32.2. The molecule has 0 atom stereocenters. The summed E-state index contributed by atoms with van der Waals surface area (Å²) in [4.78, 5) is 24.8. The molecule has 0 fully saturated rings. The van der Waals surface area contributed by atoms with Crippen LogP contribution in [0.5, 0.6) is 0 Å². The highest BCUT2D eigenvalue weighted by molar-refractivity contribution is 7.93. The number of carbonyl (C=O) groups is 2. The van der Waals surface area contributed by atoms with Crippen molar-refractivity contribution < 1.29 is 22.7 Å². The fraction of sp³-hybridized carbons (Fsp3) is 0.130. The molecule has 0 saturated carbocycles. The van der Waals surface area contributed by atoms with E-state index in [1.54, 1.807) is 67.6 Å². The first kappa shape index (κ1) is 20.6. The first-order valence-corrected chi connectivity index (χ1v) is 11.1. The minimum absolute atomic E-state index is 0.215. The number of hydrogen-bond acceptors (Lipinski definition) is 5. The van der Waals surface area contributed by atoms with E-state index in [4.69, 9.17) is 4.74 Å². The standard InChI is InChI=1S/C23H20N2O5S/c1-3-25-20-12-11-15(14-19(20)18-9-4-5-10-21(18)31(25,28)29)22(26)24-17-8-6-7-16(13-17)23(27)30-2/h4-14H,3H2,1-2H3,(H,24,26). The minimum Gasteiger partial charge on any atom is -0.465 e. The number of sulfonamides is 1. The molecule has 1 N–H and O–H groups in total. The summed E-state index contributed by atoms with van der Waals surface area (Å²) in [6, 6.07) is 18.1. The molecule has 0 aromatic heterocycles. The summed E-state index contributed by atoms with van der Waals surface area (Å²) < 4.78 is 32.0. The summed E-state index contributed by atoms with van der Waals surface area (Å²) in [5.41, 5.74) is 2.90. The Labute approximate surface area is 180 Å². The third-order valence-electron chi connectivity index (χ3n) is 5.10. The Bertz CT molecular complexity index is 1300. The van der Waals surface area contributed by atoms with Crippen LogP contribution in [0.15, 0.2) is 71.6 Å². The van der Waals surface area contributed by atoms with Gasteiger partial charge in [0, 0.05) is 28.9 Å². The summed E-state index contributed by atoms with van der Waals surface area (Å²) in [5, 5.41) is 2.77. The van der Waals surface area contributed by atoms with Crippen LogP contribution in [-0.4, -0.2) is 33.9 Å². The van der Waals surface area contributed by atoms with Gasteiger partial charge < -0.3 is 10.1 Å². The van der Waals surface area contributed by atoms with Crippen molar-refractivity contribution in [1.82, 2.24) is 0 Å². The van der Waals surface area contributed by atoms with Gasteiger partial charge in [0.05, 0.1) is 23.3 Å². The smallest absolute Gasteiger partial charge is 0.337 e. The molecule has 158 valence electrons. The van der Waals surface area contributed by atoms with Crippen molar-refractivity contribution in [1.29, 1.82) is 0 Å². The molecule has 0 bridgehead atoms. The fourth-order valence-corrected chi connectivity index (χ4v) is 5.36. The van der Waals surface area contributed by atoms with Gasteiger partial charge in [-0.2, -0.15) is 0 Å². The lowest BCUT2D eigenvalue weighted by Crippen LogP contribution is -2.34. The molecule has 8 heteroatoms. The van der Waals surface area contributed by atoms with Gasteiger partial charge in [-0.1, -0.05) is 24.3 Å². The van der Waals surface area contributed by atoms with Crippen LogP contribution < -0.4 is 9.62 Å². The van der Waals surface area contributed by atoms with Crippen molar-refractivity contribution in [3.05, 3.63) is 77.9 Å². The van der Waals surface area contributed by atoms with E-state index in [0.717, 1.165) is 0 Å². The second-order valence-electron chi connectivity index (χ2n) is 6.92. The second kappa shape index (κ2) is 7.88. The summed E-state index contributed by atoms with van der Waals surface area (Å²) in [5.74, 6) is -0.874. The van der Waals surface area contributed by atoms with E-state index in [-0.39, 0.29) is 17.3 Å². The van der Waals surface area contributed by atoms with E-state index in [2.05, 4.69) is 5.32 Å². The van der Waals surface area contributed by atoms with Gasteiger partial charge in [0.2, 0.25) is 0 Å². The molecule has 3 aromatic carbocycles. The number of benzene rings is 3. The van der Waals surface area contributed by atoms with Crippen LogP contribution >= 0.6 is 0 Å². The van der Waals surface area contributed by atoms with Crippen LogP contribution in [0.25, 0.3) is 11.1 Å². The molecule has 31 heavy (non-hydrogen) atoms. The summed E-state index contributed by atoms with van der Waals surface area (Å²) >= 11 is 0. The Morgan fingerprint density at radius 3 is 2.45 bits per heavy atom. The Balaban J connectivity index is 1.72. The van der Waals surface area contributed by atoms with Gasteiger partial charge in [-0.15, -0.1) is 0 Å². The van der Waals surface area contributed by atoms with Crippen molar-refractivity contribution in [2.75, 3.05) is 23.3 Å². The topological polar surface area (TPSA) is 92.8 Å². The van der Waals surface area contributed by atoms with E-state index in [1.165, 1.54) is 17.5 Å². The van der Waals surface area contributed by atoms with Gasteiger partial charge in [-0.05, 0) is 49.4 Å². The third kappa shape index (κ3) is 3.55. The van der Waals surface area contributed by atoms with Crippen molar-refractivity contribution in [3.63, 3.8) is 0 Å². The molecular formula is C23H20N2O5S. The van der Waals surface area contributed by atoms with Gasteiger partial charge in [-0.25, -0.2) is 13.2 Å². The monoisotopic (exact) mass is 436 g/mol. The van der Waals surface area contributed by atoms with Crippen molar-refractivity contribution in [2.45, 2.75) is 11.8 Å². The average molecular weight is 436 g/mol. The second-order valence-corrected chi connectivity index (χ2v) is 8.76. The molecule has 0 radical (unpaired) electrons. The molecule has 4 rings (SSSR count). The average Bonchev–Trinajstić information content (AvgIpc) is 2.78. The van der Waals surface area contributed by atoms with Crippen LogP contribution in [0.1, 0.15) is 27.6 Å². The number of hydrogen-bond donors (Lipinski definition) is 1. The van der Waals surface area contributed by atoms with Gasteiger partial charge in [0.15, 0.2) is 0 Å². The normalized spacial score (nSPS) is 13.7. The van der Waals surface area contributed by atoms with Gasteiger partial charge >= 0.3 is 5.97 Å². The first-order chi connectivity index (χ1) is 14.9. The molecular weight excluding hydrogens is 416 g/mol. The molecule has 1 aliphatic heterocycles. The Morgan fingerprint density at radius 2 is 1.71 bits per heavy atom. The fourth-order valence-electron chi connectivity index (χ4n) is 3.66. The highest BCUT2D eigenvalue weighted by Gasteiger charge is 2.34. The van der Waals surface area contributed by atoms with Gasteiger partial charge in [0.1, 0.15) is 0 Å². The lowest BCUT2D eigenvalue weighted by Gasteiger charge is -2.31. The van der Waals surface area contributed by atoms with Crippen molar-refractivity contribution in [2.24, 2.45) is 0 Å². The lowest BCUT2D eigenvalue weighted by molar-refractivity contribution is 0.0600. The molecule has 1 heterocycles. The maximum atomic E-state index is 13.0. The molecule has 1 amide bonds. The maximum absolute atomic E-state index is 13.0. The zero-order valence-electron chi connectivity index (χ0n) is 17.0. The highest BCUT2D eigenvalue weighted by Crippen LogP contribution is 2.43. The van der Waals surface area contributed by atoms with Crippen LogP contribution in [0, 0.1) is 0 Å². The Morgan fingerprint density at radius 1 is 0.935 bits per heavy atom. The van der Waals surface area contributed by atoms with Gasteiger partial charge in [0.25, 0.3) is 15.9 Å². The molecule has 0 saturated heterocycles. The van der Waals surface area contributed by atoms with E-state index in [9.17, 15) is 18.0 Å². The predicted octanol–water partition coefficient (Wildman–Crippen LogP) is 3.92. The van der Waals surface area contributed by atoms with E-state index in [1.807, 2.05) is 0 Å². The van der Waals surface area contributed by atoms with Crippen LogP contribution in [0.3, 0.4) is 0 Å². The first-order valence-electron chi connectivity index (χ1n) is 9.62. The van der Waals surface area contributed by atoms with Crippen LogP contribution in [-0.2, 0) is 14.8 Å².